The molecule has 0 fully saturated rings. The van der Waals surface area contributed by atoms with Crippen LogP contribution in [0.4, 0.5) is 0 Å². The number of methoxy groups -OCH3 is 1. The molecule has 3 rings (SSSR count). The van der Waals surface area contributed by atoms with E-state index in [0.717, 1.165) is 35.5 Å². The zero-order valence-corrected chi connectivity index (χ0v) is 12.4. The van der Waals surface area contributed by atoms with Gasteiger partial charge in [0.1, 0.15) is 18.1 Å². The van der Waals surface area contributed by atoms with E-state index in [9.17, 15) is 5.11 Å². The maximum absolute atomic E-state index is 9.82. The van der Waals surface area contributed by atoms with Crippen LogP contribution in [0.2, 0.25) is 0 Å². The molecule has 110 valence electrons. The highest BCUT2D eigenvalue weighted by Gasteiger charge is 2.20. The molecule has 1 N–H and O–H groups in total. The predicted octanol–water partition coefficient (Wildman–Crippen LogP) is 3.56. The average molecular weight is 284 g/mol. The number of fused-ring (bicyclic) bond motifs is 1. The van der Waals surface area contributed by atoms with Gasteiger partial charge in [0.05, 0.1) is 13.2 Å². The van der Waals surface area contributed by atoms with Crippen molar-refractivity contribution in [2.75, 3.05) is 7.11 Å². The first-order valence-electron chi connectivity index (χ1n) is 7.24. The summed E-state index contributed by atoms with van der Waals surface area (Å²) in [7, 11) is 1.67. The molecule has 1 aliphatic carbocycles. The van der Waals surface area contributed by atoms with Crippen molar-refractivity contribution in [3.05, 3.63) is 58.7 Å². The van der Waals surface area contributed by atoms with Crippen molar-refractivity contribution in [1.29, 1.82) is 0 Å². The third-order valence-corrected chi connectivity index (χ3v) is 3.99. The lowest BCUT2D eigenvalue weighted by atomic mass is 10.1. The average Bonchev–Trinajstić information content (AvgIpc) is 2.86. The van der Waals surface area contributed by atoms with Crippen molar-refractivity contribution >= 4 is 0 Å². The normalized spacial score (nSPS) is 16.6. The fourth-order valence-corrected chi connectivity index (χ4v) is 2.84. The molecule has 2 aromatic rings. The molecule has 0 unspecified atom stereocenters. The van der Waals surface area contributed by atoms with Gasteiger partial charge in [-0.15, -0.1) is 0 Å². The van der Waals surface area contributed by atoms with Gasteiger partial charge < -0.3 is 14.6 Å². The number of aliphatic hydroxyl groups excluding tert-OH is 1. The molecule has 1 aliphatic rings. The summed E-state index contributed by atoms with van der Waals surface area (Å²) in [6.07, 6.45) is 1.41. The molecule has 3 heteroatoms. The quantitative estimate of drug-likeness (QED) is 0.933. The first kappa shape index (κ1) is 14.0. The van der Waals surface area contributed by atoms with Crippen LogP contribution in [0.25, 0.3) is 0 Å². The molecule has 3 nitrogen and oxygen atoms in total. The smallest absolute Gasteiger partial charge is 0.125 e. The standard InChI is InChI=1S/C18H20O3/c1-12-3-8-18(20-2)14(9-12)11-21-15-5-6-16-13(10-15)4-7-17(16)19/h3,5-6,8-10,17,19H,4,7,11H2,1-2H3/t17-/m1/s1. The molecular formula is C18H20O3. The summed E-state index contributed by atoms with van der Waals surface area (Å²) in [4.78, 5) is 0. The number of hydrogen-bond donors (Lipinski definition) is 1. The second-order valence-corrected chi connectivity index (χ2v) is 5.52. The van der Waals surface area contributed by atoms with Crippen LogP contribution >= 0.6 is 0 Å². The number of aryl methyl sites for hydroxylation is 2. The van der Waals surface area contributed by atoms with E-state index < -0.39 is 0 Å². The van der Waals surface area contributed by atoms with Crippen LogP contribution in [-0.2, 0) is 13.0 Å². The summed E-state index contributed by atoms with van der Waals surface area (Å²) in [6, 6.07) is 12.0. The molecule has 0 radical (unpaired) electrons. The van der Waals surface area contributed by atoms with E-state index >= 15 is 0 Å². The topological polar surface area (TPSA) is 38.7 Å². The van der Waals surface area contributed by atoms with E-state index in [1.165, 1.54) is 11.1 Å². The Kier molecular flexibility index (Phi) is 3.84. The lowest BCUT2D eigenvalue weighted by Crippen LogP contribution is -2.00. The van der Waals surface area contributed by atoms with Crippen LogP contribution in [0.15, 0.2) is 36.4 Å². The van der Waals surface area contributed by atoms with Crippen LogP contribution in [-0.4, -0.2) is 12.2 Å². The second kappa shape index (κ2) is 5.78. The van der Waals surface area contributed by atoms with Gasteiger partial charge in [-0.05, 0) is 55.2 Å². The van der Waals surface area contributed by atoms with Crippen LogP contribution in [0, 0.1) is 6.92 Å². The predicted molar refractivity (Wildman–Crippen MR) is 81.8 cm³/mol. The molecule has 21 heavy (non-hydrogen) atoms. The van der Waals surface area contributed by atoms with Crippen molar-refractivity contribution in [1.82, 2.24) is 0 Å². The molecule has 0 bridgehead atoms. The highest BCUT2D eigenvalue weighted by Crippen LogP contribution is 2.33. The Morgan fingerprint density at radius 1 is 1.19 bits per heavy atom. The van der Waals surface area contributed by atoms with Gasteiger partial charge >= 0.3 is 0 Å². The van der Waals surface area contributed by atoms with Crippen LogP contribution in [0.3, 0.4) is 0 Å². The fraction of sp³-hybridized carbons (Fsp3) is 0.333. The van der Waals surface area contributed by atoms with E-state index in [1.54, 1.807) is 7.11 Å². The van der Waals surface area contributed by atoms with Gasteiger partial charge in [0.25, 0.3) is 0 Å². The van der Waals surface area contributed by atoms with Crippen LogP contribution in [0.1, 0.15) is 34.8 Å². The number of hydrogen-bond acceptors (Lipinski definition) is 3. The van der Waals surface area contributed by atoms with Crippen LogP contribution in [0.5, 0.6) is 11.5 Å². The summed E-state index contributed by atoms with van der Waals surface area (Å²) < 4.78 is 11.3. The Bertz CT molecular complexity index is 649. The third kappa shape index (κ3) is 2.88. The summed E-state index contributed by atoms with van der Waals surface area (Å²) >= 11 is 0. The third-order valence-electron chi connectivity index (χ3n) is 3.99. The molecule has 0 saturated heterocycles. The largest absolute Gasteiger partial charge is 0.496 e. The fourth-order valence-electron chi connectivity index (χ4n) is 2.84. The Morgan fingerprint density at radius 3 is 2.86 bits per heavy atom. The zero-order chi connectivity index (χ0) is 14.8. The van der Waals surface area contributed by atoms with Crippen molar-refractivity contribution in [2.24, 2.45) is 0 Å². The molecule has 0 spiro atoms. The Hall–Kier alpha value is -2.00. The van der Waals surface area contributed by atoms with E-state index in [1.807, 2.05) is 30.3 Å². The van der Waals surface area contributed by atoms with E-state index in [4.69, 9.17) is 9.47 Å². The second-order valence-electron chi connectivity index (χ2n) is 5.52. The van der Waals surface area contributed by atoms with Crippen molar-refractivity contribution in [2.45, 2.75) is 32.5 Å². The summed E-state index contributed by atoms with van der Waals surface area (Å²) in [5, 5.41) is 9.82. The van der Waals surface area contributed by atoms with Gasteiger partial charge in [-0.3, -0.25) is 0 Å². The van der Waals surface area contributed by atoms with E-state index in [2.05, 4.69) is 13.0 Å². The lowest BCUT2D eigenvalue weighted by molar-refractivity contribution is 0.180. The molecule has 0 saturated carbocycles. The van der Waals surface area contributed by atoms with Crippen molar-refractivity contribution in [3.63, 3.8) is 0 Å². The van der Waals surface area contributed by atoms with E-state index in [-0.39, 0.29) is 6.10 Å². The van der Waals surface area contributed by atoms with Crippen LogP contribution < -0.4 is 9.47 Å². The number of benzene rings is 2. The van der Waals surface area contributed by atoms with Crippen molar-refractivity contribution < 1.29 is 14.6 Å². The number of ether oxygens (including phenoxy) is 2. The molecule has 0 aromatic heterocycles. The zero-order valence-electron chi connectivity index (χ0n) is 12.4. The summed E-state index contributed by atoms with van der Waals surface area (Å²) in [6.45, 7) is 2.53. The van der Waals surface area contributed by atoms with Gasteiger partial charge in [0.15, 0.2) is 0 Å². The van der Waals surface area contributed by atoms with Gasteiger partial charge in [-0.25, -0.2) is 0 Å². The highest BCUT2D eigenvalue weighted by molar-refractivity contribution is 5.41. The molecule has 0 aliphatic heterocycles. The maximum atomic E-state index is 9.82. The Labute approximate surface area is 125 Å². The SMILES string of the molecule is COc1ccc(C)cc1COc1ccc2c(c1)CC[C@H]2O. The molecular weight excluding hydrogens is 264 g/mol. The van der Waals surface area contributed by atoms with Gasteiger partial charge in [0, 0.05) is 5.56 Å². The lowest BCUT2D eigenvalue weighted by Gasteiger charge is -2.12. The minimum atomic E-state index is -0.314. The Balaban J connectivity index is 1.75. The van der Waals surface area contributed by atoms with E-state index in [0.29, 0.717) is 6.61 Å². The van der Waals surface area contributed by atoms with Crippen molar-refractivity contribution in [3.8, 4) is 11.5 Å². The monoisotopic (exact) mass is 284 g/mol. The number of aliphatic hydroxyl groups is 1. The summed E-state index contributed by atoms with van der Waals surface area (Å²) in [5.41, 5.74) is 4.45. The van der Waals surface area contributed by atoms with Gasteiger partial charge in [-0.1, -0.05) is 17.7 Å². The Morgan fingerprint density at radius 2 is 2.05 bits per heavy atom. The maximum Gasteiger partial charge on any atom is 0.125 e. The van der Waals surface area contributed by atoms with Gasteiger partial charge in [0.2, 0.25) is 0 Å². The van der Waals surface area contributed by atoms with Gasteiger partial charge in [-0.2, -0.15) is 0 Å². The molecule has 1 atom stereocenters. The molecule has 0 amide bonds. The highest BCUT2D eigenvalue weighted by atomic mass is 16.5. The molecule has 2 aromatic carbocycles. The molecule has 0 heterocycles. The first-order chi connectivity index (χ1) is 10.2. The number of rotatable bonds is 4. The minimum absolute atomic E-state index is 0.314. The minimum Gasteiger partial charge on any atom is -0.496 e. The summed E-state index contributed by atoms with van der Waals surface area (Å²) in [5.74, 6) is 1.68. The first-order valence-corrected chi connectivity index (χ1v) is 7.24.